The minimum absolute atomic E-state index is 0.00441. The summed E-state index contributed by atoms with van der Waals surface area (Å²) in [5, 5.41) is 0. The molecule has 5 nitrogen and oxygen atoms in total. The molecule has 1 heterocycles. The third-order valence-corrected chi connectivity index (χ3v) is 4.10. The van der Waals surface area contributed by atoms with Crippen molar-refractivity contribution in [1.82, 2.24) is 9.88 Å². The number of amides is 1. The van der Waals surface area contributed by atoms with Gasteiger partial charge in [0, 0.05) is 19.3 Å². The maximum atomic E-state index is 13.7. The lowest BCUT2D eigenvalue weighted by Crippen LogP contribution is -2.28. The summed E-state index contributed by atoms with van der Waals surface area (Å²) in [4.78, 5) is 28.6. The molecule has 0 saturated carbocycles. The van der Waals surface area contributed by atoms with E-state index < -0.39 is 5.97 Å². The van der Waals surface area contributed by atoms with Crippen LogP contribution in [0.15, 0.2) is 24.3 Å². The fourth-order valence-electron chi connectivity index (χ4n) is 2.60. The van der Waals surface area contributed by atoms with E-state index in [0.717, 1.165) is 16.8 Å². The molecule has 0 aliphatic rings. The molecule has 24 heavy (non-hydrogen) atoms. The van der Waals surface area contributed by atoms with Gasteiger partial charge in [-0.15, -0.1) is 0 Å². The topological polar surface area (TPSA) is 62.4 Å². The lowest BCUT2D eigenvalue weighted by Gasteiger charge is -2.18. The molecule has 0 bridgehead atoms. The molecular formula is C18H21FN2O3. The van der Waals surface area contributed by atoms with Gasteiger partial charge in [0.25, 0.3) is 0 Å². The van der Waals surface area contributed by atoms with Crippen LogP contribution in [0.3, 0.4) is 0 Å². The van der Waals surface area contributed by atoms with Gasteiger partial charge in [-0.2, -0.15) is 0 Å². The van der Waals surface area contributed by atoms with E-state index in [1.54, 1.807) is 32.2 Å². The molecule has 0 atom stereocenters. The fraction of sp³-hybridized carbons (Fsp3) is 0.333. The van der Waals surface area contributed by atoms with Crippen LogP contribution in [0.1, 0.15) is 32.9 Å². The molecule has 128 valence electrons. The van der Waals surface area contributed by atoms with Gasteiger partial charge in [0.2, 0.25) is 5.91 Å². The number of carbonyl (C=O) groups excluding carboxylic acids is 2. The highest BCUT2D eigenvalue weighted by Crippen LogP contribution is 2.20. The standard InChI is InChI=1S/C18H21FN2O3/c1-11-14(12(2)20-17(11)18(23)24-4)10-21(3)16(22)9-13-7-5-6-8-15(13)19/h5-8,20H,9-10H2,1-4H3. The van der Waals surface area contributed by atoms with Gasteiger partial charge < -0.3 is 14.6 Å². The van der Waals surface area contributed by atoms with Crippen LogP contribution in [0.5, 0.6) is 0 Å². The van der Waals surface area contributed by atoms with Crippen LogP contribution >= 0.6 is 0 Å². The van der Waals surface area contributed by atoms with E-state index in [-0.39, 0.29) is 18.1 Å². The summed E-state index contributed by atoms with van der Waals surface area (Å²) in [6, 6.07) is 6.23. The average molecular weight is 332 g/mol. The minimum Gasteiger partial charge on any atom is -0.464 e. The molecule has 6 heteroatoms. The second-order valence-electron chi connectivity index (χ2n) is 5.74. The second kappa shape index (κ2) is 7.29. The number of ether oxygens (including phenoxy) is 1. The van der Waals surface area contributed by atoms with E-state index in [4.69, 9.17) is 4.74 Å². The number of hydrogen-bond donors (Lipinski definition) is 1. The Balaban J connectivity index is 2.13. The number of carbonyl (C=O) groups is 2. The van der Waals surface area contributed by atoms with Crippen LogP contribution in [0.4, 0.5) is 4.39 Å². The maximum Gasteiger partial charge on any atom is 0.354 e. The number of aryl methyl sites for hydroxylation is 1. The van der Waals surface area contributed by atoms with E-state index in [1.165, 1.54) is 18.1 Å². The molecule has 1 amide bonds. The summed E-state index contributed by atoms with van der Waals surface area (Å²) in [5.41, 5.74) is 3.18. The molecule has 0 aliphatic carbocycles. The highest BCUT2D eigenvalue weighted by molar-refractivity contribution is 5.89. The van der Waals surface area contributed by atoms with Gasteiger partial charge in [-0.25, -0.2) is 9.18 Å². The highest BCUT2D eigenvalue weighted by atomic mass is 19.1. The van der Waals surface area contributed by atoms with E-state index in [2.05, 4.69) is 4.98 Å². The minimum atomic E-state index is -0.442. The van der Waals surface area contributed by atoms with Crippen LogP contribution in [0, 0.1) is 19.7 Å². The number of aromatic nitrogens is 1. The van der Waals surface area contributed by atoms with Crippen molar-refractivity contribution in [2.45, 2.75) is 26.8 Å². The first kappa shape index (κ1) is 17.7. The van der Waals surface area contributed by atoms with Crippen LogP contribution in [-0.2, 0) is 22.5 Å². The summed E-state index contributed by atoms with van der Waals surface area (Å²) < 4.78 is 18.4. The zero-order chi connectivity index (χ0) is 17.9. The summed E-state index contributed by atoms with van der Waals surface area (Å²) in [6.07, 6.45) is -0.00441. The van der Waals surface area contributed by atoms with Gasteiger partial charge in [0.1, 0.15) is 11.5 Å². The molecule has 1 N–H and O–H groups in total. The van der Waals surface area contributed by atoms with Crippen LogP contribution in [0.2, 0.25) is 0 Å². The van der Waals surface area contributed by atoms with Crippen molar-refractivity contribution in [3.8, 4) is 0 Å². The number of rotatable bonds is 5. The van der Waals surface area contributed by atoms with Crippen molar-refractivity contribution in [1.29, 1.82) is 0 Å². The molecule has 0 aliphatic heterocycles. The first-order chi connectivity index (χ1) is 11.3. The highest BCUT2D eigenvalue weighted by Gasteiger charge is 2.20. The van der Waals surface area contributed by atoms with Crippen LogP contribution < -0.4 is 0 Å². The Labute approximate surface area is 140 Å². The largest absolute Gasteiger partial charge is 0.464 e. The molecular weight excluding hydrogens is 311 g/mol. The quantitative estimate of drug-likeness (QED) is 0.857. The lowest BCUT2D eigenvalue weighted by molar-refractivity contribution is -0.129. The second-order valence-corrected chi connectivity index (χ2v) is 5.74. The number of H-pyrrole nitrogens is 1. The number of methoxy groups -OCH3 is 1. The van der Waals surface area contributed by atoms with Gasteiger partial charge in [-0.1, -0.05) is 18.2 Å². The van der Waals surface area contributed by atoms with Crippen molar-refractivity contribution >= 4 is 11.9 Å². The summed E-state index contributed by atoms with van der Waals surface area (Å²) >= 11 is 0. The van der Waals surface area contributed by atoms with Crippen LogP contribution in [-0.4, -0.2) is 35.9 Å². The smallest absolute Gasteiger partial charge is 0.354 e. The fourth-order valence-corrected chi connectivity index (χ4v) is 2.60. The number of nitrogens with zero attached hydrogens (tertiary/aromatic N) is 1. The number of hydrogen-bond acceptors (Lipinski definition) is 3. The Bertz CT molecular complexity index is 768. The van der Waals surface area contributed by atoms with E-state index in [9.17, 15) is 14.0 Å². The summed E-state index contributed by atoms with van der Waals surface area (Å²) in [6.45, 7) is 3.97. The summed E-state index contributed by atoms with van der Waals surface area (Å²) in [5.74, 6) is -1.02. The number of benzene rings is 1. The van der Waals surface area contributed by atoms with Crippen molar-refractivity contribution in [2.24, 2.45) is 0 Å². The number of likely N-dealkylation sites (N-methyl/N-ethyl adjacent to an activating group) is 1. The number of nitrogens with one attached hydrogen (secondary N) is 1. The third-order valence-electron chi connectivity index (χ3n) is 4.10. The van der Waals surface area contributed by atoms with Crippen molar-refractivity contribution in [3.05, 3.63) is 58.2 Å². The first-order valence-corrected chi connectivity index (χ1v) is 7.58. The molecule has 0 unspecified atom stereocenters. The predicted molar refractivity (Wildman–Crippen MR) is 88.2 cm³/mol. The zero-order valence-corrected chi connectivity index (χ0v) is 14.3. The van der Waals surface area contributed by atoms with Gasteiger partial charge >= 0.3 is 5.97 Å². The number of halogens is 1. The Kier molecular flexibility index (Phi) is 5.39. The molecule has 1 aromatic heterocycles. The van der Waals surface area contributed by atoms with Crippen LogP contribution in [0.25, 0.3) is 0 Å². The zero-order valence-electron chi connectivity index (χ0n) is 14.3. The molecule has 0 radical (unpaired) electrons. The van der Waals surface area contributed by atoms with E-state index in [0.29, 0.717) is 17.8 Å². The Morgan fingerprint density at radius 2 is 1.92 bits per heavy atom. The predicted octanol–water partition coefficient (Wildman–Crippen LogP) is 2.76. The molecule has 2 aromatic rings. The van der Waals surface area contributed by atoms with Crippen molar-refractivity contribution in [3.63, 3.8) is 0 Å². The van der Waals surface area contributed by atoms with E-state index in [1.807, 2.05) is 6.92 Å². The lowest BCUT2D eigenvalue weighted by atomic mass is 10.1. The molecule has 2 rings (SSSR count). The molecule has 1 aromatic carbocycles. The Morgan fingerprint density at radius 1 is 1.25 bits per heavy atom. The van der Waals surface area contributed by atoms with Crippen molar-refractivity contribution in [2.75, 3.05) is 14.2 Å². The monoisotopic (exact) mass is 332 g/mol. The number of aromatic amines is 1. The van der Waals surface area contributed by atoms with Crippen molar-refractivity contribution < 1.29 is 18.7 Å². The third kappa shape index (κ3) is 3.64. The van der Waals surface area contributed by atoms with Gasteiger partial charge in [-0.3, -0.25) is 4.79 Å². The normalized spacial score (nSPS) is 10.5. The Morgan fingerprint density at radius 3 is 2.54 bits per heavy atom. The SMILES string of the molecule is COC(=O)c1[nH]c(C)c(CN(C)C(=O)Cc2ccccc2F)c1C. The van der Waals surface area contributed by atoms with E-state index >= 15 is 0 Å². The molecule has 0 saturated heterocycles. The average Bonchev–Trinajstić information content (AvgIpc) is 2.84. The molecule has 0 fully saturated rings. The summed E-state index contributed by atoms with van der Waals surface area (Å²) in [7, 11) is 2.98. The first-order valence-electron chi connectivity index (χ1n) is 7.58. The maximum absolute atomic E-state index is 13.7. The Hall–Kier alpha value is -2.63. The molecule has 0 spiro atoms. The number of esters is 1. The van der Waals surface area contributed by atoms with Gasteiger partial charge in [0.05, 0.1) is 13.5 Å². The van der Waals surface area contributed by atoms with Gasteiger partial charge in [-0.05, 0) is 36.6 Å². The van der Waals surface area contributed by atoms with Gasteiger partial charge in [0.15, 0.2) is 0 Å².